The second kappa shape index (κ2) is 4.63. The van der Waals surface area contributed by atoms with Crippen LogP contribution in [0.5, 0.6) is 0 Å². The lowest BCUT2D eigenvalue weighted by Crippen LogP contribution is -2.48. The standard InChI is InChI=1S/C11H18N2O2/c1-3-11(2,8-12)10(15)13-6-4-5-9(14)7-13/h9,14H,3-7H2,1-2H3. The molecule has 0 aromatic carbocycles. The minimum Gasteiger partial charge on any atom is -0.391 e. The topological polar surface area (TPSA) is 64.3 Å². The Hall–Kier alpha value is -1.08. The van der Waals surface area contributed by atoms with Crippen LogP contribution >= 0.6 is 0 Å². The molecular formula is C11H18N2O2. The molecule has 1 amide bonds. The molecule has 1 fully saturated rings. The van der Waals surface area contributed by atoms with Gasteiger partial charge in [-0.1, -0.05) is 6.92 Å². The first-order chi connectivity index (χ1) is 7.03. The predicted molar refractivity (Wildman–Crippen MR) is 55.8 cm³/mol. The Bertz CT molecular complexity index is 285. The number of aliphatic hydroxyl groups excluding tert-OH is 1. The zero-order valence-electron chi connectivity index (χ0n) is 9.36. The molecule has 0 spiro atoms. The monoisotopic (exact) mass is 210 g/mol. The molecular weight excluding hydrogens is 192 g/mol. The van der Waals surface area contributed by atoms with E-state index >= 15 is 0 Å². The molecule has 15 heavy (non-hydrogen) atoms. The number of aliphatic hydroxyl groups is 1. The number of nitriles is 1. The molecule has 0 bridgehead atoms. The highest BCUT2D eigenvalue weighted by Gasteiger charge is 2.36. The van der Waals surface area contributed by atoms with E-state index in [0.29, 0.717) is 19.5 Å². The highest BCUT2D eigenvalue weighted by Crippen LogP contribution is 2.25. The summed E-state index contributed by atoms with van der Waals surface area (Å²) in [5.41, 5.74) is -0.933. The average molecular weight is 210 g/mol. The summed E-state index contributed by atoms with van der Waals surface area (Å²) in [6.07, 6.45) is 1.65. The van der Waals surface area contributed by atoms with Crippen molar-refractivity contribution in [2.75, 3.05) is 13.1 Å². The van der Waals surface area contributed by atoms with E-state index in [9.17, 15) is 9.90 Å². The molecule has 2 unspecified atom stereocenters. The Morgan fingerprint density at radius 1 is 1.73 bits per heavy atom. The summed E-state index contributed by atoms with van der Waals surface area (Å²) >= 11 is 0. The first kappa shape index (κ1) is 12.0. The molecule has 0 aliphatic carbocycles. The first-order valence-electron chi connectivity index (χ1n) is 5.42. The van der Waals surface area contributed by atoms with Gasteiger partial charge in [-0.3, -0.25) is 4.79 Å². The molecule has 84 valence electrons. The van der Waals surface area contributed by atoms with Gasteiger partial charge in [0.1, 0.15) is 5.41 Å². The van der Waals surface area contributed by atoms with Gasteiger partial charge in [0.2, 0.25) is 5.91 Å². The highest BCUT2D eigenvalue weighted by atomic mass is 16.3. The molecule has 1 rings (SSSR count). The van der Waals surface area contributed by atoms with Crippen molar-refractivity contribution in [3.63, 3.8) is 0 Å². The van der Waals surface area contributed by atoms with Gasteiger partial charge < -0.3 is 10.0 Å². The molecule has 1 aliphatic rings. The minimum atomic E-state index is -0.933. The lowest BCUT2D eigenvalue weighted by atomic mass is 9.87. The molecule has 0 aromatic rings. The van der Waals surface area contributed by atoms with E-state index in [1.165, 1.54) is 0 Å². The van der Waals surface area contributed by atoms with E-state index < -0.39 is 11.5 Å². The first-order valence-corrected chi connectivity index (χ1v) is 5.42. The summed E-state index contributed by atoms with van der Waals surface area (Å²) < 4.78 is 0. The van der Waals surface area contributed by atoms with Gasteiger partial charge in [-0.25, -0.2) is 0 Å². The Morgan fingerprint density at radius 2 is 2.40 bits per heavy atom. The van der Waals surface area contributed by atoms with Crippen molar-refractivity contribution < 1.29 is 9.90 Å². The molecule has 4 heteroatoms. The van der Waals surface area contributed by atoms with Gasteiger partial charge in [-0.15, -0.1) is 0 Å². The molecule has 1 saturated heterocycles. The molecule has 0 saturated carbocycles. The van der Waals surface area contributed by atoms with Crippen LogP contribution in [0.3, 0.4) is 0 Å². The number of carbonyl (C=O) groups is 1. The number of hydrogen-bond acceptors (Lipinski definition) is 3. The smallest absolute Gasteiger partial charge is 0.242 e. The van der Waals surface area contributed by atoms with Gasteiger partial charge in [0, 0.05) is 13.1 Å². The largest absolute Gasteiger partial charge is 0.391 e. The number of carbonyl (C=O) groups excluding carboxylic acids is 1. The molecule has 0 radical (unpaired) electrons. The molecule has 2 atom stereocenters. The zero-order valence-corrected chi connectivity index (χ0v) is 9.36. The number of amides is 1. The summed E-state index contributed by atoms with van der Waals surface area (Å²) in [4.78, 5) is 13.6. The quantitative estimate of drug-likeness (QED) is 0.736. The Morgan fingerprint density at radius 3 is 2.87 bits per heavy atom. The summed E-state index contributed by atoms with van der Waals surface area (Å²) in [6, 6.07) is 2.07. The SMILES string of the molecule is CCC(C)(C#N)C(=O)N1CCCC(O)C1. The van der Waals surface area contributed by atoms with Gasteiger partial charge in [0.15, 0.2) is 0 Å². The molecule has 4 nitrogen and oxygen atoms in total. The number of likely N-dealkylation sites (tertiary alicyclic amines) is 1. The maximum atomic E-state index is 12.0. The van der Waals surface area contributed by atoms with Crippen molar-refractivity contribution in [3.8, 4) is 6.07 Å². The highest BCUT2D eigenvalue weighted by molar-refractivity contribution is 5.85. The van der Waals surface area contributed by atoms with Gasteiger partial charge in [-0.2, -0.15) is 5.26 Å². The fourth-order valence-corrected chi connectivity index (χ4v) is 1.77. The summed E-state index contributed by atoms with van der Waals surface area (Å²) in [7, 11) is 0. The van der Waals surface area contributed by atoms with Crippen molar-refractivity contribution in [1.82, 2.24) is 4.90 Å². The maximum Gasteiger partial charge on any atom is 0.242 e. The lowest BCUT2D eigenvalue weighted by molar-refractivity contribution is -0.141. The number of piperidine rings is 1. The van der Waals surface area contributed by atoms with Crippen LogP contribution in [0.1, 0.15) is 33.1 Å². The number of β-amino-alcohol motifs (C(OH)–C–C–N with tert-alkyl or cyclic N) is 1. The van der Waals surface area contributed by atoms with E-state index in [1.807, 2.05) is 6.92 Å². The fourth-order valence-electron chi connectivity index (χ4n) is 1.77. The van der Waals surface area contributed by atoms with Crippen molar-refractivity contribution in [3.05, 3.63) is 0 Å². The summed E-state index contributed by atoms with van der Waals surface area (Å²) in [5.74, 6) is -0.147. The van der Waals surface area contributed by atoms with Crippen LogP contribution in [0.15, 0.2) is 0 Å². The van der Waals surface area contributed by atoms with Crippen LogP contribution in [0, 0.1) is 16.7 Å². The van der Waals surface area contributed by atoms with Crippen molar-refractivity contribution >= 4 is 5.91 Å². The predicted octanol–water partition coefficient (Wildman–Crippen LogP) is 0.910. The average Bonchev–Trinajstić information content (AvgIpc) is 2.27. The maximum absolute atomic E-state index is 12.0. The third-order valence-electron chi connectivity index (χ3n) is 3.11. The Balaban J connectivity index is 2.71. The summed E-state index contributed by atoms with van der Waals surface area (Å²) in [6.45, 7) is 4.53. The van der Waals surface area contributed by atoms with Gasteiger partial charge in [-0.05, 0) is 26.2 Å². The van der Waals surface area contributed by atoms with Crippen LogP contribution in [-0.2, 0) is 4.79 Å². The van der Waals surface area contributed by atoms with Crippen molar-refractivity contribution in [2.24, 2.45) is 5.41 Å². The Kier molecular flexibility index (Phi) is 3.70. The van der Waals surface area contributed by atoms with E-state index in [1.54, 1.807) is 11.8 Å². The number of nitrogens with zero attached hydrogens (tertiary/aromatic N) is 2. The second-order valence-electron chi connectivity index (χ2n) is 4.34. The molecule has 1 heterocycles. The summed E-state index contributed by atoms with van der Waals surface area (Å²) in [5, 5.41) is 18.5. The van der Waals surface area contributed by atoms with Crippen LogP contribution in [-0.4, -0.2) is 35.1 Å². The van der Waals surface area contributed by atoms with Gasteiger partial charge in [0.05, 0.1) is 12.2 Å². The molecule has 0 aromatic heterocycles. The third kappa shape index (κ3) is 2.48. The van der Waals surface area contributed by atoms with Gasteiger partial charge in [0.25, 0.3) is 0 Å². The molecule has 1 N–H and O–H groups in total. The van der Waals surface area contributed by atoms with Crippen LogP contribution in [0.4, 0.5) is 0 Å². The van der Waals surface area contributed by atoms with Crippen molar-refractivity contribution in [1.29, 1.82) is 5.26 Å². The lowest BCUT2D eigenvalue weighted by Gasteiger charge is -2.34. The van der Waals surface area contributed by atoms with Gasteiger partial charge >= 0.3 is 0 Å². The number of hydrogen-bond donors (Lipinski definition) is 1. The van der Waals surface area contributed by atoms with Crippen LogP contribution in [0.25, 0.3) is 0 Å². The minimum absolute atomic E-state index is 0.147. The third-order valence-corrected chi connectivity index (χ3v) is 3.11. The fraction of sp³-hybridized carbons (Fsp3) is 0.818. The van der Waals surface area contributed by atoms with E-state index in [-0.39, 0.29) is 5.91 Å². The van der Waals surface area contributed by atoms with Crippen LogP contribution < -0.4 is 0 Å². The van der Waals surface area contributed by atoms with E-state index in [2.05, 4.69) is 6.07 Å². The van der Waals surface area contributed by atoms with Crippen molar-refractivity contribution in [2.45, 2.75) is 39.2 Å². The molecule has 1 aliphatic heterocycles. The second-order valence-corrected chi connectivity index (χ2v) is 4.34. The van der Waals surface area contributed by atoms with Crippen LogP contribution in [0.2, 0.25) is 0 Å². The normalized spacial score (nSPS) is 25.5. The Labute approximate surface area is 90.5 Å². The zero-order chi connectivity index (χ0) is 11.5. The van der Waals surface area contributed by atoms with E-state index in [0.717, 1.165) is 12.8 Å². The number of rotatable bonds is 2. The van der Waals surface area contributed by atoms with E-state index in [4.69, 9.17) is 5.26 Å².